The summed E-state index contributed by atoms with van der Waals surface area (Å²) < 4.78 is 38.2. The molecule has 0 fully saturated rings. The van der Waals surface area contributed by atoms with Crippen molar-refractivity contribution in [3.8, 4) is 0 Å². The van der Waals surface area contributed by atoms with Gasteiger partial charge in [0.15, 0.2) is 10.4 Å². The minimum atomic E-state index is -4.64. The Bertz CT molecular complexity index is 658. The van der Waals surface area contributed by atoms with Crippen LogP contribution in [0, 0.1) is 4.77 Å². The van der Waals surface area contributed by atoms with Crippen molar-refractivity contribution < 1.29 is 23.1 Å². The molecular formula is C8H4F3N3O2S. The fraction of sp³-hybridized carbons (Fsp3) is 0.125. The smallest absolute Gasteiger partial charge is 0.431 e. The van der Waals surface area contributed by atoms with Gasteiger partial charge < -0.3 is 5.11 Å². The molecular weight excluding hydrogens is 259 g/mol. The quantitative estimate of drug-likeness (QED) is 0.773. The molecule has 0 bridgehead atoms. The summed E-state index contributed by atoms with van der Waals surface area (Å²) in [6, 6.07) is 1.50. The number of aromatic amines is 1. The molecule has 0 saturated heterocycles. The molecule has 2 N–H and O–H groups in total. The SMILES string of the molecule is O=C(O)c1ccc(C(F)(F)F)n2c(=S)[nH]nc12. The number of hydrogen-bond donors (Lipinski definition) is 2. The molecule has 0 radical (unpaired) electrons. The van der Waals surface area contributed by atoms with Crippen molar-refractivity contribution in [1.82, 2.24) is 14.6 Å². The van der Waals surface area contributed by atoms with Crippen LogP contribution in [0.4, 0.5) is 13.2 Å². The van der Waals surface area contributed by atoms with Gasteiger partial charge in [-0.3, -0.25) is 9.50 Å². The summed E-state index contributed by atoms with van der Waals surface area (Å²) in [5.74, 6) is -1.38. The molecule has 90 valence electrons. The van der Waals surface area contributed by atoms with E-state index in [0.29, 0.717) is 10.5 Å². The van der Waals surface area contributed by atoms with Gasteiger partial charge in [0.2, 0.25) is 0 Å². The molecule has 0 atom stereocenters. The van der Waals surface area contributed by atoms with E-state index in [-0.39, 0.29) is 16.0 Å². The Labute approximate surface area is 96.5 Å². The predicted octanol–water partition coefficient (Wildman–Crippen LogP) is 2.11. The lowest BCUT2D eigenvalue weighted by molar-refractivity contribution is -0.142. The van der Waals surface area contributed by atoms with E-state index in [2.05, 4.69) is 22.4 Å². The van der Waals surface area contributed by atoms with Crippen molar-refractivity contribution in [2.45, 2.75) is 6.18 Å². The number of nitrogens with zero attached hydrogens (tertiary/aromatic N) is 2. The van der Waals surface area contributed by atoms with Crippen molar-refractivity contribution >= 4 is 23.8 Å². The Balaban J connectivity index is 2.92. The molecule has 0 unspecified atom stereocenters. The Morgan fingerprint density at radius 2 is 2.12 bits per heavy atom. The first-order chi connectivity index (χ1) is 7.82. The van der Waals surface area contributed by atoms with Gasteiger partial charge >= 0.3 is 12.1 Å². The minimum Gasteiger partial charge on any atom is -0.478 e. The summed E-state index contributed by atoms with van der Waals surface area (Å²) in [7, 11) is 0. The van der Waals surface area contributed by atoms with E-state index in [9.17, 15) is 18.0 Å². The van der Waals surface area contributed by atoms with Gasteiger partial charge in [-0.1, -0.05) is 0 Å². The van der Waals surface area contributed by atoms with Gasteiger partial charge in [0.05, 0.1) is 0 Å². The van der Waals surface area contributed by atoms with Crippen molar-refractivity contribution in [3.05, 3.63) is 28.2 Å². The number of halogens is 3. The highest BCUT2D eigenvalue weighted by Crippen LogP contribution is 2.30. The van der Waals surface area contributed by atoms with Gasteiger partial charge in [0, 0.05) is 0 Å². The Morgan fingerprint density at radius 3 is 2.65 bits per heavy atom. The van der Waals surface area contributed by atoms with Crippen LogP contribution in [0.3, 0.4) is 0 Å². The number of aromatic carboxylic acids is 1. The number of carbonyl (C=O) groups is 1. The number of carboxylic acids is 1. The van der Waals surface area contributed by atoms with Crippen LogP contribution >= 0.6 is 12.2 Å². The third kappa shape index (κ3) is 1.78. The first kappa shape index (κ1) is 11.6. The van der Waals surface area contributed by atoms with Crippen LogP contribution in [-0.4, -0.2) is 25.7 Å². The number of pyridine rings is 1. The second-order valence-electron chi connectivity index (χ2n) is 3.12. The largest absolute Gasteiger partial charge is 0.478 e. The molecule has 0 aromatic carbocycles. The lowest BCUT2D eigenvalue weighted by atomic mass is 10.2. The zero-order valence-electron chi connectivity index (χ0n) is 7.95. The van der Waals surface area contributed by atoms with E-state index in [1.807, 2.05) is 0 Å². The maximum absolute atomic E-state index is 12.7. The monoisotopic (exact) mass is 263 g/mol. The number of alkyl halides is 3. The molecule has 0 aliphatic rings. The van der Waals surface area contributed by atoms with Gasteiger partial charge in [-0.05, 0) is 24.4 Å². The van der Waals surface area contributed by atoms with Crippen LogP contribution in [0.5, 0.6) is 0 Å². The Morgan fingerprint density at radius 1 is 1.47 bits per heavy atom. The second kappa shape index (κ2) is 3.55. The zero-order valence-corrected chi connectivity index (χ0v) is 8.76. The number of H-pyrrole nitrogens is 1. The summed E-state index contributed by atoms with van der Waals surface area (Å²) in [6.07, 6.45) is -4.64. The summed E-state index contributed by atoms with van der Waals surface area (Å²) >= 11 is 4.64. The van der Waals surface area contributed by atoms with Gasteiger partial charge in [0.25, 0.3) is 0 Å². The average molecular weight is 263 g/mol. The third-order valence-corrected chi connectivity index (χ3v) is 2.36. The molecule has 0 amide bonds. The number of fused-ring (bicyclic) bond motifs is 1. The fourth-order valence-electron chi connectivity index (χ4n) is 1.40. The average Bonchev–Trinajstić information content (AvgIpc) is 2.58. The lowest BCUT2D eigenvalue weighted by Gasteiger charge is -2.09. The molecule has 2 aromatic rings. The van der Waals surface area contributed by atoms with E-state index >= 15 is 0 Å². The van der Waals surface area contributed by atoms with Crippen LogP contribution < -0.4 is 0 Å². The Kier molecular flexibility index (Phi) is 2.42. The summed E-state index contributed by atoms with van der Waals surface area (Å²) in [5, 5.41) is 14.4. The summed E-state index contributed by atoms with van der Waals surface area (Å²) in [4.78, 5) is 10.8. The lowest BCUT2D eigenvalue weighted by Crippen LogP contribution is -2.13. The number of rotatable bonds is 1. The highest BCUT2D eigenvalue weighted by atomic mass is 32.1. The Hall–Kier alpha value is -1.90. The fourth-order valence-corrected chi connectivity index (χ4v) is 1.63. The van der Waals surface area contributed by atoms with Crippen molar-refractivity contribution in [2.24, 2.45) is 0 Å². The normalized spacial score (nSPS) is 11.9. The third-order valence-electron chi connectivity index (χ3n) is 2.08. The van der Waals surface area contributed by atoms with E-state index in [0.717, 1.165) is 6.07 Å². The zero-order chi connectivity index (χ0) is 12.8. The predicted molar refractivity (Wildman–Crippen MR) is 52.3 cm³/mol. The van der Waals surface area contributed by atoms with Gasteiger partial charge in [-0.2, -0.15) is 18.3 Å². The molecule has 17 heavy (non-hydrogen) atoms. The van der Waals surface area contributed by atoms with Crippen molar-refractivity contribution in [1.29, 1.82) is 0 Å². The number of carboxylic acid groups (broad SMARTS) is 1. The molecule has 2 rings (SSSR count). The van der Waals surface area contributed by atoms with Gasteiger partial charge in [-0.15, -0.1) is 0 Å². The maximum Gasteiger partial charge on any atom is 0.431 e. The first-order valence-corrected chi connectivity index (χ1v) is 4.64. The van der Waals surface area contributed by atoms with E-state index in [4.69, 9.17) is 5.11 Å². The molecule has 2 aromatic heterocycles. The molecule has 0 aliphatic carbocycles. The molecule has 0 aliphatic heterocycles. The molecule has 2 heterocycles. The van der Waals surface area contributed by atoms with Crippen LogP contribution in [0.15, 0.2) is 12.1 Å². The second-order valence-corrected chi connectivity index (χ2v) is 3.51. The van der Waals surface area contributed by atoms with Gasteiger partial charge in [-0.25, -0.2) is 4.79 Å². The number of hydrogen-bond acceptors (Lipinski definition) is 3. The molecule has 0 spiro atoms. The topological polar surface area (TPSA) is 70.4 Å². The highest BCUT2D eigenvalue weighted by Gasteiger charge is 2.34. The number of aromatic nitrogens is 3. The molecule has 5 nitrogen and oxygen atoms in total. The van der Waals surface area contributed by atoms with Crippen molar-refractivity contribution in [3.63, 3.8) is 0 Å². The first-order valence-electron chi connectivity index (χ1n) is 4.23. The van der Waals surface area contributed by atoms with Crippen LogP contribution in [0.1, 0.15) is 16.1 Å². The standard InChI is InChI=1S/C8H4F3N3O2S/c9-8(10,11)4-2-1-3(6(15)16)5-12-13-7(17)14(4)5/h1-2H,(H,13,17)(H,15,16). The van der Waals surface area contributed by atoms with E-state index in [1.54, 1.807) is 0 Å². The van der Waals surface area contributed by atoms with E-state index in [1.165, 1.54) is 0 Å². The van der Waals surface area contributed by atoms with Crippen LogP contribution in [0.25, 0.3) is 5.65 Å². The van der Waals surface area contributed by atoms with Crippen molar-refractivity contribution in [2.75, 3.05) is 0 Å². The minimum absolute atomic E-state index is 0.310. The maximum atomic E-state index is 12.7. The van der Waals surface area contributed by atoms with Crippen LogP contribution in [0.2, 0.25) is 0 Å². The van der Waals surface area contributed by atoms with Crippen LogP contribution in [-0.2, 0) is 6.18 Å². The highest BCUT2D eigenvalue weighted by molar-refractivity contribution is 7.71. The molecule has 9 heteroatoms. The van der Waals surface area contributed by atoms with E-state index < -0.39 is 17.8 Å². The van der Waals surface area contributed by atoms with Gasteiger partial charge in [0.1, 0.15) is 11.3 Å². The summed E-state index contributed by atoms with van der Waals surface area (Å²) in [5.41, 5.74) is -1.79. The number of nitrogens with one attached hydrogen (secondary N) is 1. The molecule has 0 saturated carbocycles. The summed E-state index contributed by atoms with van der Waals surface area (Å²) in [6.45, 7) is 0.